The zero-order valence-corrected chi connectivity index (χ0v) is 14.6. The molecule has 1 saturated heterocycles. The zero-order valence-electron chi connectivity index (χ0n) is 14.6. The van der Waals surface area contributed by atoms with Crippen LogP contribution in [0.5, 0.6) is 0 Å². The van der Waals surface area contributed by atoms with Crippen LogP contribution in [-0.4, -0.2) is 53.3 Å². The summed E-state index contributed by atoms with van der Waals surface area (Å²) in [5.74, 6) is -0.856. The van der Waals surface area contributed by atoms with E-state index in [0.717, 1.165) is 63.0 Å². The molecular formula is C19H27N3O2. The fraction of sp³-hybridized carbons (Fsp3) is 0.526. The van der Waals surface area contributed by atoms with Crippen LogP contribution in [0.25, 0.3) is 10.9 Å². The molecule has 1 fully saturated rings. The van der Waals surface area contributed by atoms with Crippen molar-refractivity contribution in [3.8, 4) is 0 Å². The number of carboxylic acids is 1. The molecule has 5 heteroatoms. The maximum absolute atomic E-state index is 11.4. The first-order valence-corrected chi connectivity index (χ1v) is 8.90. The number of nitrogens with zero attached hydrogens (tertiary/aromatic N) is 2. The molecule has 24 heavy (non-hydrogen) atoms. The predicted octanol–water partition coefficient (Wildman–Crippen LogP) is 2.51. The van der Waals surface area contributed by atoms with Gasteiger partial charge in [-0.3, -0.25) is 0 Å². The van der Waals surface area contributed by atoms with Crippen LogP contribution in [0, 0.1) is 6.92 Å². The number of piperazine rings is 1. The van der Waals surface area contributed by atoms with Gasteiger partial charge in [-0.1, -0.05) is 6.92 Å². The van der Waals surface area contributed by atoms with Crippen molar-refractivity contribution in [2.45, 2.75) is 33.2 Å². The number of hydrogen-bond donors (Lipinski definition) is 2. The average molecular weight is 329 g/mol. The third-order valence-corrected chi connectivity index (χ3v) is 5.04. The molecular weight excluding hydrogens is 302 g/mol. The highest BCUT2D eigenvalue weighted by atomic mass is 16.4. The van der Waals surface area contributed by atoms with Gasteiger partial charge in [0.15, 0.2) is 0 Å². The summed E-state index contributed by atoms with van der Waals surface area (Å²) >= 11 is 0. The molecule has 1 aliphatic heterocycles. The van der Waals surface area contributed by atoms with Gasteiger partial charge < -0.3 is 19.9 Å². The van der Waals surface area contributed by atoms with Crippen LogP contribution in [0.4, 0.5) is 0 Å². The van der Waals surface area contributed by atoms with Gasteiger partial charge >= 0.3 is 5.97 Å². The lowest BCUT2D eigenvalue weighted by Crippen LogP contribution is -2.44. The van der Waals surface area contributed by atoms with Gasteiger partial charge in [-0.2, -0.15) is 0 Å². The van der Waals surface area contributed by atoms with Gasteiger partial charge in [0, 0.05) is 55.9 Å². The quantitative estimate of drug-likeness (QED) is 0.855. The Morgan fingerprint density at radius 2 is 2.00 bits per heavy atom. The van der Waals surface area contributed by atoms with Gasteiger partial charge in [0.1, 0.15) is 0 Å². The van der Waals surface area contributed by atoms with Crippen LogP contribution in [-0.2, 0) is 13.0 Å². The number of carbonyl (C=O) groups is 1. The molecule has 0 radical (unpaired) electrons. The maximum atomic E-state index is 11.4. The summed E-state index contributed by atoms with van der Waals surface area (Å²) in [6, 6.07) is 5.54. The topological polar surface area (TPSA) is 57.5 Å². The normalized spacial score (nSPS) is 15.9. The Morgan fingerprint density at radius 1 is 1.25 bits per heavy atom. The van der Waals surface area contributed by atoms with E-state index in [4.69, 9.17) is 0 Å². The third-order valence-electron chi connectivity index (χ3n) is 5.04. The summed E-state index contributed by atoms with van der Waals surface area (Å²) in [5.41, 5.74) is 4.12. The fourth-order valence-electron chi connectivity index (χ4n) is 3.72. The highest BCUT2D eigenvalue weighted by molar-refractivity contribution is 5.95. The van der Waals surface area contributed by atoms with Crippen molar-refractivity contribution < 1.29 is 9.90 Å². The second-order valence-corrected chi connectivity index (χ2v) is 6.59. The van der Waals surface area contributed by atoms with Crippen LogP contribution in [0.3, 0.4) is 0 Å². The van der Waals surface area contributed by atoms with E-state index in [1.807, 2.05) is 12.1 Å². The number of hydrogen-bond acceptors (Lipinski definition) is 3. The highest BCUT2D eigenvalue weighted by Crippen LogP contribution is 2.28. The molecule has 0 saturated carbocycles. The van der Waals surface area contributed by atoms with E-state index in [1.54, 1.807) is 6.07 Å². The number of aromatic carboxylic acids is 1. The van der Waals surface area contributed by atoms with E-state index < -0.39 is 5.97 Å². The number of aromatic nitrogens is 1. The number of aryl methyl sites for hydroxylation is 1. The van der Waals surface area contributed by atoms with Gasteiger partial charge in [-0.25, -0.2) is 4.79 Å². The molecule has 3 rings (SSSR count). The molecule has 5 nitrogen and oxygen atoms in total. The standard InChI is InChI=1S/C19H27N3O2/c1-3-9-22-14(2)16(6-10-21-11-7-20-8-12-21)17-13-15(19(23)24)4-5-18(17)22/h4-5,13,20H,3,6-12H2,1-2H3,(H,23,24). The minimum absolute atomic E-state index is 0.375. The Kier molecular flexibility index (Phi) is 5.21. The van der Waals surface area contributed by atoms with Crippen molar-refractivity contribution >= 4 is 16.9 Å². The van der Waals surface area contributed by atoms with E-state index in [9.17, 15) is 9.90 Å². The summed E-state index contributed by atoms with van der Waals surface area (Å²) in [7, 11) is 0. The Morgan fingerprint density at radius 3 is 2.67 bits per heavy atom. The Hall–Kier alpha value is -1.85. The smallest absolute Gasteiger partial charge is 0.335 e. The molecule has 1 aromatic carbocycles. The van der Waals surface area contributed by atoms with E-state index in [2.05, 4.69) is 28.6 Å². The molecule has 1 aliphatic rings. The number of benzene rings is 1. The second kappa shape index (κ2) is 7.36. The van der Waals surface area contributed by atoms with Crippen LogP contribution in [0.15, 0.2) is 18.2 Å². The Balaban J connectivity index is 1.95. The minimum Gasteiger partial charge on any atom is -0.478 e. The molecule has 0 atom stereocenters. The number of rotatable bonds is 6. The van der Waals surface area contributed by atoms with Gasteiger partial charge in [0.25, 0.3) is 0 Å². The lowest BCUT2D eigenvalue weighted by atomic mass is 10.0. The number of fused-ring (bicyclic) bond motifs is 1. The third kappa shape index (κ3) is 3.32. The first kappa shape index (κ1) is 17.0. The van der Waals surface area contributed by atoms with Crippen molar-refractivity contribution in [3.05, 3.63) is 35.0 Å². The summed E-state index contributed by atoms with van der Waals surface area (Å²) in [6.45, 7) is 10.6. The molecule has 0 unspecified atom stereocenters. The van der Waals surface area contributed by atoms with Crippen LogP contribution in [0.2, 0.25) is 0 Å². The SMILES string of the molecule is CCCn1c(C)c(CCN2CCNCC2)c2cc(C(=O)O)ccc21. The largest absolute Gasteiger partial charge is 0.478 e. The van der Waals surface area contributed by atoms with Crippen molar-refractivity contribution in [1.82, 2.24) is 14.8 Å². The highest BCUT2D eigenvalue weighted by Gasteiger charge is 2.17. The second-order valence-electron chi connectivity index (χ2n) is 6.59. The summed E-state index contributed by atoms with van der Waals surface area (Å²) in [6.07, 6.45) is 2.05. The fourth-order valence-corrected chi connectivity index (χ4v) is 3.72. The molecule has 2 aromatic rings. The average Bonchev–Trinajstić information content (AvgIpc) is 2.85. The maximum Gasteiger partial charge on any atom is 0.335 e. The van der Waals surface area contributed by atoms with Crippen molar-refractivity contribution in [2.24, 2.45) is 0 Å². The predicted molar refractivity (Wildman–Crippen MR) is 96.9 cm³/mol. The Bertz CT molecular complexity index is 730. The first-order chi connectivity index (χ1) is 11.6. The minimum atomic E-state index is -0.856. The molecule has 0 aliphatic carbocycles. The van der Waals surface area contributed by atoms with E-state index in [-0.39, 0.29) is 0 Å². The summed E-state index contributed by atoms with van der Waals surface area (Å²) in [4.78, 5) is 13.8. The van der Waals surface area contributed by atoms with Gasteiger partial charge in [0.05, 0.1) is 5.56 Å². The van der Waals surface area contributed by atoms with Crippen LogP contribution >= 0.6 is 0 Å². The number of carboxylic acid groups (broad SMARTS) is 1. The van der Waals surface area contributed by atoms with E-state index in [0.29, 0.717) is 5.56 Å². The molecule has 2 N–H and O–H groups in total. The first-order valence-electron chi connectivity index (χ1n) is 8.90. The molecule has 0 bridgehead atoms. The summed E-state index contributed by atoms with van der Waals surface area (Å²) in [5, 5.41) is 13.8. The molecule has 2 heterocycles. The lowest BCUT2D eigenvalue weighted by molar-refractivity contribution is 0.0697. The monoisotopic (exact) mass is 329 g/mol. The number of nitrogens with one attached hydrogen (secondary N) is 1. The van der Waals surface area contributed by atoms with Crippen molar-refractivity contribution in [2.75, 3.05) is 32.7 Å². The van der Waals surface area contributed by atoms with E-state index >= 15 is 0 Å². The summed E-state index contributed by atoms with van der Waals surface area (Å²) < 4.78 is 2.34. The van der Waals surface area contributed by atoms with Gasteiger partial charge in [0.2, 0.25) is 0 Å². The molecule has 130 valence electrons. The molecule has 1 aromatic heterocycles. The van der Waals surface area contributed by atoms with Crippen LogP contribution in [0.1, 0.15) is 35.0 Å². The van der Waals surface area contributed by atoms with E-state index in [1.165, 1.54) is 11.3 Å². The van der Waals surface area contributed by atoms with Crippen molar-refractivity contribution in [1.29, 1.82) is 0 Å². The molecule has 0 amide bonds. The lowest BCUT2D eigenvalue weighted by Gasteiger charge is -2.27. The van der Waals surface area contributed by atoms with Crippen molar-refractivity contribution in [3.63, 3.8) is 0 Å². The van der Waals surface area contributed by atoms with Gasteiger partial charge in [-0.15, -0.1) is 0 Å². The van der Waals surface area contributed by atoms with Gasteiger partial charge in [-0.05, 0) is 43.5 Å². The molecule has 0 spiro atoms. The Labute approximate surface area is 143 Å². The van der Waals surface area contributed by atoms with Crippen LogP contribution < -0.4 is 5.32 Å². The zero-order chi connectivity index (χ0) is 17.1.